The molecule has 0 saturated carbocycles. The Labute approximate surface area is 172 Å². The van der Waals surface area contributed by atoms with E-state index in [-0.39, 0.29) is 24.6 Å². The molecule has 1 rings (SSSR count). The van der Waals surface area contributed by atoms with E-state index in [0.717, 1.165) is 0 Å². The Morgan fingerprint density at radius 1 is 1.17 bits per heavy atom. The number of ketones is 1. The van der Waals surface area contributed by atoms with Crippen LogP contribution >= 0.6 is 0 Å². The molecule has 0 aromatic heterocycles. The topological polar surface area (TPSA) is 125 Å². The highest BCUT2D eigenvalue weighted by Crippen LogP contribution is 2.24. The molecular weight excluding hydrogens is 376 g/mol. The zero-order valence-corrected chi connectivity index (χ0v) is 18.0. The number of hydrogen-bond acceptors (Lipinski definition) is 5. The van der Waals surface area contributed by atoms with E-state index in [1.54, 1.807) is 4.90 Å². The molecule has 0 radical (unpaired) electrons. The fraction of sp³-hybridized carbons (Fsp3) is 0.750. The minimum absolute atomic E-state index is 0.209. The average molecular weight is 411 g/mol. The first-order valence-corrected chi connectivity index (χ1v) is 10.1. The summed E-state index contributed by atoms with van der Waals surface area (Å²) in [5.41, 5.74) is -0.513. The van der Waals surface area contributed by atoms with Gasteiger partial charge in [-0.05, 0) is 24.7 Å². The minimum atomic E-state index is -0.826. The van der Waals surface area contributed by atoms with Crippen molar-refractivity contribution in [1.29, 1.82) is 0 Å². The van der Waals surface area contributed by atoms with Crippen molar-refractivity contribution in [3.05, 3.63) is 0 Å². The van der Waals surface area contributed by atoms with Crippen LogP contribution in [0.5, 0.6) is 0 Å². The number of Topliss-reactive ketones (excluding diaryl/α,β-unsaturated/α-hetero) is 1. The summed E-state index contributed by atoms with van der Waals surface area (Å²) in [6.07, 6.45) is 2.50. The monoisotopic (exact) mass is 410 g/mol. The van der Waals surface area contributed by atoms with E-state index in [2.05, 4.69) is 16.0 Å². The van der Waals surface area contributed by atoms with Crippen molar-refractivity contribution < 1.29 is 24.0 Å². The summed E-state index contributed by atoms with van der Waals surface area (Å²) in [6, 6.07) is -2.01. The van der Waals surface area contributed by atoms with Crippen LogP contribution in [0.15, 0.2) is 0 Å². The predicted molar refractivity (Wildman–Crippen MR) is 108 cm³/mol. The van der Waals surface area contributed by atoms with Crippen LogP contribution in [0, 0.1) is 11.3 Å². The molecule has 1 fully saturated rings. The quantitative estimate of drug-likeness (QED) is 0.400. The maximum absolute atomic E-state index is 13.1. The van der Waals surface area contributed by atoms with E-state index in [0.29, 0.717) is 32.2 Å². The van der Waals surface area contributed by atoms with Crippen molar-refractivity contribution in [1.82, 2.24) is 20.9 Å². The second-order valence-corrected chi connectivity index (χ2v) is 8.52. The number of carbonyl (C=O) groups is 5. The fourth-order valence-electron chi connectivity index (χ4n) is 3.37. The van der Waals surface area contributed by atoms with Crippen molar-refractivity contribution in [2.45, 2.75) is 65.5 Å². The zero-order chi connectivity index (χ0) is 22.2. The van der Waals surface area contributed by atoms with Crippen LogP contribution in [0.3, 0.4) is 0 Å². The summed E-state index contributed by atoms with van der Waals surface area (Å²) in [4.78, 5) is 61.7. The normalized spacial score (nSPS) is 18.9. The molecule has 1 aliphatic heterocycles. The number of urea groups is 1. The van der Waals surface area contributed by atoms with Crippen LogP contribution in [0.4, 0.5) is 4.79 Å². The first-order valence-electron chi connectivity index (χ1n) is 10.1. The number of carbonyl (C=O) groups excluding carboxylic acids is 5. The highest BCUT2D eigenvalue weighted by molar-refractivity contribution is 6.27. The van der Waals surface area contributed by atoms with Crippen LogP contribution in [0.1, 0.15) is 53.4 Å². The standard InChI is InChI=1S/C20H34N4O5/c1-6-8-14(15(26)12-25)22-17(27)13-9-7-10-24(11-13)18(28)16(20(2,3)4)23-19(29)21-5/h12-14,16H,6-11H2,1-5H3,(H,22,27)(H2,21,23,29). The SMILES string of the molecule is CCCC(NC(=O)C1CCCN(C(=O)C(NC(=O)NC)C(C)(C)C)C1)C(=O)C=O. The fourth-order valence-corrected chi connectivity index (χ4v) is 3.37. The smallest absolute Gasteiger partial charge is 0.315 e. The lowest BCUT2D eigenvalue weighted by Gasteiger charge is -2.38. The maximum Gasteiger partial charge on any atom is 0.315 e. The van der Waals surface area contributed by atoms with Gasteiger partial charge in [0, 0.05) is 20.1 Å². The van der Waals surface area contributed by atoms with Gasteiger partial charge in [0.1, 0.15) is 6.04 Å². The lowest BCUT2D eigenvalue weighted by molar-refractivity contribution is -0.140. The minimum Gasteiger partial charge on any atom is -0.346 e. The molecule has 3 atom stereocenters. The molecule has 164 valence electrons. The summed E-state index contributed by atoms with van der Waals surface area (Å²) < 4.78 is 0. The number of nitrogens with zero attached hydrogens (tertiary/aromatic N) is 1. The van der Waals surface area contributed by atoms with Crippen LogP contribution < -0.4 is 16.0 Å². The van der Waals surface area contributed by atoms with Gasteiger partial charge >= 0.3 is 6.03 Å². The second-order valence-electron chi connectivity index (χ2n) is 8.52. The third-order valence-electron chi connectivity index (χ3n) is 5.07. The van der Waals surface area contributed by atoms with Crippen LogP contribution in [-0.4, -0.2) is 67.0 Å². The van der Waals surface area contributed by atoms with E-state index in [1.165, 1.54) is 7.05 Å². The molecule has 1 saturated heterocycles. The molecular formula is C20H34N4O5. The molecule has 9 nitrogen and oxygen atoms in total. The molecule has 3 N–H and O–H groups in total. The molecule has 29 heavy (non-hydrogen) atoms. The van der Waals surface area contributed by atoms with E-state index >= 15 is 0 Å². The van der Waals surface area contributed by atoms with Gasteiger partial charge in [0.2, 0.25) is 17.6 Å². The van der Waals surface area contributed by atoms with Crippen molar-refractivity contribution in [2.24, 2.45) is 11.3 Å². The van der Waals surface area contributed by atoms with Crippen LogP contribution in [-0.2, 0) is 19.2 Å². The third kappa shape index (κ3) is 7.14. The van der Waals surface area contributed by atoms with Gasteiger partial charge in [0.15, 0.2) is 6.29 Å². The lowest BCUT2D eigenvalue weighted by atomic mass is 9.85. The van der Waals surface area contributed by atoms with Gasteiger partial charge in [-0.15, -0.1) is 0 Å². The van der Waals surface area contributed by atoms with Crippen LogP contribution in [0.2, 0.25) is 0 Å². The largest absolute Gasteiger partial charge is 0.346 e. The number of piperidine rings is 1. The molecule has 9 heteroatoms. The summed E-state index contributed by atoms with van der Waals surface area (Å²) in [5, 5.41) is 7.81. The first-order chi connectivity index (χ1) is 13.5. The number of likely N-dealkylation sites (tertiary alicyclic amines) is 1. The molecule has 0 spiro atoms. The third-order valence-corrected chi connectivity index (χ3v) is 5.07. The summed E-state index contributed by atoms with van der Waals surface area (Å²) in [6.45, 7) is 8.15. The van der Waals surface area contributed by atoms with Gasteiger partial charge < -0.3 is 20.9 Å². The highest BCUT2D eigenvalue weighted by atomic mass is 16.2. The van der Waals surface area contributed by atoms with Crippen LogP contribution in [0.25, 0.3) is 0 Å². The Bertz CT molecular complexity index is 629. The van der Waals surface area contributed by atoms with E-state index < -0.39 is 35.2 Å². The molecule has 3 unspecified atom stereocenters. The van der Waals surface area contributed by atoms with Gasteiger partial charge in [0.25, 0.3) is 0 Å². The van der Waals surface area contributed by atoms with E-state index in [1.807, 2.05) is 27.7 Å². The van der Waals surface area contributed by atoms with Gasteiger partial charge in [-0.25, -0.2) is 4.79 Å². The number of aldehydes is 1. The Morgan fingerprint density at radius 3 is 2.34 bits per heavy atom. The molecule has 1 heterocycles. The van der Waals surface area contributed by atoms with Gasteiger partial charge in [-0.3, -0.25) is 19.2 Å². The first kappa shape index (κ1) is 24.6. The molecule has 0 aliphatic carbocycles. The molecule has 1 aliphatic rings. The number of hydrogen-bond donors (Lipinski definition) is 3. The second kappa shape index (κ2) is 10.9. The van der Waals surface area contributed by atoms with Crippen molar-refractivity contribution in [3.8, 4) is 0 Å². The summed E-state index contributed by atoms with van der Waals surface area (Å²) in [5.74, 6) is -1.69. The lowest BCUT2D eigenvalue weighted by Crippen LogP contribution is -2.58. The highest BCUT2D eigenvalue weighted by Gasteiger charge is 2.38. The number of nitrogens with one attached hydrogen (secondary N) is 3. The molecule has 0 bridgehead atoms. The van der Waals surface area contributed by atoms with Gasteiger partial charge in [-0.2, -0.15) is 0 Å². The van der Waals surface area contributed by atoms with Crippen molar-refractivity contribution in [3.63, 3.8) is 0 Å². The summed E-state index contributed by atoms with van der Waals surface area (Å²) >= 11 is 0. The van der Waals surface area contributed by atoms with Gasteiger partial charge in [-0.1, -0.05) is 34.1 Å². The average Bonchev–Trinajstić information content (AvgIpc) is 2.69. The molecule has 0 aromatic rings. The predicted octanol–water partition coefficient (Wildman–Crippen LogP) is 0.622. The summed E-state index contributed by atoms with van der Waals surface area (Å²) in [7, 11) is 1.48. The van der Waals surface area contributed by atoms with Crippen molar-refractivity contribution >= 4 is 29.9 Å². The maximum atomic E-state index is 13.1. The zero-order valence-electron chi connectivity index (χ0n) is 18.0. The van der Waals surface area contributed by atoms with Crippen molar-refractivity contribution in [2.75, 3.05) is 20.1 Å². The Balaban J connectivity index is 2.86. The van der Waals surface area contributed by atoms with E-state index in [4.69, 9.17) is 0 Å². The molecule has 0 aromatic carbocycles. The van der Waals surface area contributed by atoms with Gasteiger partial charge in [0.05, 0.1) is 12.0 Å². The Kier molecular flexibility index (Phi) is 9.26. The van der Waals surface area contributed by atoms with E-state index in [9.17, 15) is 24.0 Å². The number of rotatable bonds is 8. The number of amides is 4. The Hall–Kier alpha value is -2.45. The Morgan fingerprint density at radius 2 is 1.83 bits per heavy atom. The molecule has 4 amide bonds.